The minimum absolute atomic E-state index is 0.763. The average Bonchev–Trinajstić information content (AvgIpc) is 2.91. The molecule has 0 aliphatic carbocycles. The Morgan fingerprint density at radius 1 is 1.06 bits per heavy atom. The van der Waals surface area contributed by atoms with Crippen molar-refractivity contribution in [3.63, 3.8) is 0 Å². The fraction of sp³-hybridized carbons (Fsp3) is 0.286. The summed E-state index contributed by atoms with van der Waals surface area (Å²) in [6, 6.07) is 10.2. The highest BCUT2D eigenvalue weighted by Crippen LogP contribution is 2.27. The van der Waals surface area contributed by atoms with E-state index in [0.717, 1.165) is 24.6 Å². The van der Waals surface area contributed by atoms with Crippen LogP contribution < -0.4 is 14.8 Å². The molecule has 0 saturated carbocycles. The van der Waals surface area contributed by atoms with Gasteiger partial charge in [-0.25, -0.2) is 0 Å². The van der Waals surface area contributed by atoms with Gasteiger partial charge in [-0.3, -0.25) is 0 Å². The van der Waals surface area contributed by atoms with Crippen LogP contribution in [0.25, 0.3) is 0 Å². The fourth-order valence-corrected chi connectivity index (χ4v) is 2.41. The van der Waals surface area contributed by atoms with Crippen molar-refractivity contribution in [1.29, 1.82) is 0 Å². The number of benzene rings is 1. The maximum absolute atomic E-state index is 5.28. The monoisotopic (exact) mass is 263 g/mol. The molecule has 0 atom stereocenters. The summed E-state index contributed by atoms with van der Waals surface area (Å²) in [6.45, 7) is 1.71. The molecule has 0 aliphatic heterocycles. The van der Waals surface area contributed by atoms with Crippen molar-refractivity contribution < 1.29 is 9.47 Å². The molecular formula is C14H17NO2S. The van der Waals surface area contributed by atoms with E-state index in [-0.39, 0.29) is 0 Å². The summed E-state index contributed by atoms with van der Waals surface area (Å²) in [5.74, 6) is 1.53. The van der Waals surface area contributed by atoms with Crippen LogP contribution in [-0.4, -0.2) is 14.2 Å². The van der Waals surface area contributed by atoms with E-state index in [2.05, 4.69) is 22.8 Å². The largest absolute Gasteiger partial charge is 0.493 e. The summed E-state index contributed by atoms with van der Waals surface area (Å²) in [5, 5.41) is 5.50. The lowest BCUT2D eigenvalue weighted by molar-refractivity contribution is 0.354. The normalized spacial score (nSPS) is 10.3. The van der Waals surface area contributed by atoms with E-state index in [1.54, 1.807) is 25.6 Å². The Bertz CT molecular complexity index is 483. The molecule has 1 aromatic carbocycles. The Morgan fingerprint density at radius 2 is 1.89 bits per heavy atom. The summed E-state index contributed by atoms with van der Waals surface area (Å²) in [6.07, 6.45) is 0. The first-order chi connectivity index (χ1) is 8.83. The molecule has 1 aromatic heterocycles. The van der Waals surface area contributed by atoms with E-state index in [4.69, 9.17) is 9.47 Å². The minimum atomic E-state index is 0.763. The SMILES string of the molecule is COc1ccc(CNCc2cccs2)cc1OC. The maximum Gasteiger partial charge on any atom is 0.161 e. The van der Waals surface area contributed by atoms with E-state index < -0.39 is 0 Å². The lowest BCUT2D eigenvalue weighted by Crippen LogP contribution is -2.11. The molecule has 0 saturated heterocycles. The lowest BCUT2D eigenvalue weighted by Gasteiger charge is -2.10. The van der Waals surface area contributed by atoms with E-state index in [1.807, 2.05) is 18.2 Å². The molecule has 0 fully saturated rings. The molecular weight excluding hydrogens is 246 g/mol. The standard InChI is InChI=1S/C14H17NO2S/c1-16-13-6-5-11(8-14(13)17-2)9-15-10-12-4-3-7-18-12/h3-8,15H,9-10H2,1-2H3. The van der Waals surface area contributed by atoms with Crippen molar-refractivity contribution in [1.82, 2.24) is 5.32 Å². The van der Waals surface area contributed by atoms with E-state index >= 15 is 0 Å². The summed E-state index contributed by atoms with van der Waals surface area (Å²) >= 11 is 1.76. The Labute approximate surface area is 111 Å². The molecule has 4 heteroatoms. The summed E-state index contributed by atoms with van der Waals surface area (Å²) in [4.78, 5) is 1.34. The van der Waals surface area contributed by atoms with Gasteiger partial charge >= 0.3 is 0 Å². The van der Waals surface area contributed by atoms with Crippen molar-refractivity contribution in [2.24, 2.45) is 0 Å². The first-order valence-electron chi connectivity index (χ1n) is 5.77. The number of rotatable bonds is 6. The Hall–Kier alpha value is -1.52. The second-order valence-corrected chi connectivity index (χ2v) is 4.90. The van der Waals surface area contributed by atoms with Crippen molar-refractivity contribution in [2.75, 3.05) is 14.2 Å². The van der Waals surface area contributed by atoms with Crippen LogP contribution in [0.1, 0.15) is 10.4 Å². The number of nitrogens with one attached hydrogen (secondary N) is 1. The van der Waals surface area contributed by atoms with E-state index in [9.17, 15) is 0 Å². The average molecular weight is 263 g/mol. The molecule has 0 amide bonds. The molecule has 0 aliphatic rings. The lowest BCUT2D eigenvalue weighted by atomic mass is 10.2. The van der Waals surface area contributed by atoms with Gasteiger partial charge in [0, 0.05) is 18.0 Å². The predicted octanol–water partition coefficient (Wildman–Crippen LogP) is 3.06. The van der Waals surface area contributed by atoms with Gasteiger partial charge in [0.1, 0.15) is 0 Å². The Balaban J connectivity index is 1.93. The van der Waals surface area contributed by atoms with Crippen LogP contribution >= 0.6 is 11.3 Å². The van der Waals surface area contributed by atoms with Gasteiger partial charge in [-0.15, -0.1) is 11.3 Å². The van der Waals surface area contributed by atoms with Crippen molar-refractivity contribution in [2.45, 2.75) is 13.1 Å². The molecule has 0 radical (unpaired) electrons. The molecule has 0 unspecified atom stereocenters. The molecule has 96 valence electrons. The zero-order valence-corrected chi connectivity index (χ0v) is 11.4. The highest BCUT2D eigenvalue weighted by atomic mass is 32.1. The number of thiophene rings is 1. The Kier molecular flexibility index (Phi) is 4.61. The van der Waals surface area contributed by atoms with Crippen LogP contribution in [0.4, 0.5) is 0 Å². The van der Waals surface area contributed by atoms with Gasteiger partial charge in [0.2, 0.25) is 0 Å². The van der Waals surface area contributed by atoms with Gasteiger partial charge in [0.05, 0.1) is 14.2 Å². The van der Waals surface area contributed by atoms with Gasteiger partial charge in [0.15, 0.2) is 11.5 Å². The molecule has 2 aromatic rings. The quantitative estimate of drug-likeness (QED) is 0.869. The number of methoxy groups -OCH3 is 2. The summed E-state index contributed by atoms with van der Waals surface area (Å²) in [7, 11) is 3.30. The molecule has 0 spiro atoms. The predicted molar refractivity (Wildman–Crippen MR) is 74.4 cm³/mol. The Morgan fingerprint density at radius 3 is 2.56 bits per heavy atom. The van der Waals surface area contributed by atoms with Crippen LogP contribution in [-0.2, 0) is 13.1 Å². The van der Waals surface area contributed by atoms with Crippen molar-refractivity contribution >= 4 is 11.3 Å². The summed E-state index contributed by atoms with van der Waals surface area (Å²) < 4.78 is 10.5. The smallest absolute Gasteiger partial charge is 0.161 e. The first kappa shape index (κ1) is 12.9. The van der Waals surface area contributed by atoms with Crippen LogP contribution in [0.5, 0.6) is 11.5 Å². The summed E-state index contributed by atoms with van der Waals surface area (Å²) in [5.41, 5.74) is 1.18. The maximum atomic E-state index is 5.28. The number of ether oxygens (including phenoxy) is 2. The van der Waals surface area contributed by atoms with Crippen LogP contribution in [0, 0.1) is 0 Å². The number of hydrogen-bond donors (Lipinski definition) is 1. The molecule has 3 nitrogen and oxygen atoms in total. The second kappa shape index (κ2) is 6.42. The van der Waals surface area contributed by atoms with Gasteiger partial charge in [-0.05, 0) is 29.1 Å². The first-order valence-corrected chi connectivity index (χ1v) is 6.65. The second-order valence-electron chi connectivity index (χ2n) is 3.87. The molecule has 1 N–H and O–H groups in total. The fourth-order valence-electron chi connectivity index (χ4n) is 1.73. The highest BCUT2D eigenvalue weighted by molar-refractivity contribution is 7.09. The zero-order chi connectivity index (χ0) is 12.8. The van der Waals surface area contributed by atoms with Crippen LogP contribution in [0.3, 0.4) is 0 Å². The number of hydrogen-bond acceptors (Lipinski definition) is 4. The molecule has 0 bridgehead atoms. The van der Waals surface area contributed by atoms with Gasteiger partial charge in [-0.1, -0.05) is 12.1 Å². The van der Waals surface area contributed by atoms with Gasteiger partial charge in [0.25, 0.3) is 0 Å². The zero-order valence-electron chi connectivity index (χ0n) is 10.6. The van der Waals surface area contributed by atoms with E-state index in [1.165, 1.54) is 10.4 Å². The van der Waals surface area contributed by atoms with Crippen LogP contribution in [0.2, 0.25) is 0 Å². The third-order valence-corrected chi connectivity index (χ3v) is 3.53. The van der Waals surface area contributed by atoms with Gasteiger partial charge in [-0.2, -0.15) is 0 Å². The van der Waals surface area contributed by atoms with Crippen LogP contribution in [0.15, 0.2) is 35.7 Å². The molecule has 1 heterocycles. The highest BCUT2D eigenvalue weighted by Gasteiger charge is 2.04. The van der Waals surface area contributed by atoms with Crippen molar-refractivity contribution in [3.8, 4) is 11.5 Å². The van der Waals surface area contributed by atoms with Crippen molar-refractivity contribution in [3.05, 3.63) is 46.2 Å². The minimum Gasteiger partial charge on any atom is -0.493 e. The van der Waals surface area contributed by atoms with Gasteiger partial charge < -0.3 is 14.8 Å². The third kappa shape index (κ3) is 3.24. The topological polar surface area (TPSA) is 30.5 Å². The third-order valence-electron chi connectivity index (χ3n) is 2.66. The molecule has 2 rings (SSSR count). The van der Waals surface area contributed by atoms with E-state index in [0.29, 0.717) is 0 Å². The molecule has 18 heavy (non-hydrogen) atoms.